The van der Waals surface area contributed by atoms with Gasteiger partial charge in [0.1, 0.15) is 5.54 Å². The van der Waals surface area contributed by atoms with E-state index in [9.17, 15) is 9.59 Å². The van der Waals surface area contributed by atoms with E-state index in [1.807, 2.05) is 25.7 Å². The largest absolute Gasteiger partial charge is 0.480 e. The van der Waals surface area contributed by atoms with Crippen LogP contribution in [0.2, 0.25) is 0 Å². The maximum atomic E-state index is 12.1. The topological polar surface area (TPSA) is 95.7 Å². The van der Waals surface area contributed by atoms with Crippen LogP contribution < -0.4 is 11.1 Å². The highest BCUT2D eigenvalue weighted by atomic mass is 16.4. The summed E-state index contributed by atoms with van der Waals surface area (Å²) in [6.45, 7) is 8.47. The SMILES string of the molecule is CCC(C)(C)NC(=O)C(C)N1CCC(N)(C(=O)O)C1. The molecule has 2 atom stereocenters. The third kappa shape index (κ3) is 3.67. The van der Waals surface area contributed by atoms with Gasteiger partial charge in [-0.1, -0.05) is 6.92 Å². The van der Waals surface area contributed by atoms with Crippen LogP contribution >= 0.6 is 0 Å². The quantitative estimate of drug-likeness (QED) is 0.662. The summed E-state index contributed by atoms with van der Waals surface area (Å²) in [5.74, 6) is -1.09. The van der Waals surface area contributed by atoms with Crippen LogP contribution in [0.5, 0.6) is 0 Å². The Hall–Kier alpha value is -1.14. The Morgan fingerprint density at radius 1 is 1.53 bits per heavy atom. The normalized spacial score (nSPS) is 26.2. The fourth-order valence-electron chi connectivity index (χ4n) is 2.06. The first-order valence-electron chi connectivity index (χ1n) is 6.69. The number of carboxylic acid groups (broad SMARTS) is 1. The number of carboxylic acids is 1. The van der Waals surface area contributed by atoms with Gasteiger partial charge >= 0.3 is 5.97 Å². The Balaban J connectivity index is 2.63. The summed E-state index contributed by atoms with van der Waals surface area (Å²) >= 11 is 0. The molecule has 110 valence electrons. The average molecular weight is 271 g/mol. The molecule has 1 aliphatic rings. The molecule has 0 radical (unpaired) electrons. The number of hydrogen-bond donors (Lipinski definition) is 3. The number of hydrogen-bond acceptors (Lipinski definition) is 4. The predicted octanol–water partition coefficient (Wildman–Crippen LogP) is 0.168. The number of nitrogens with zero attached hydrogens (tertiary/aromatic N) is 1. The van der Waals surface area contributed by atoms with Crippen molar-refractivity contribution in [3.8, 4) is 0 Å². The molecule has 0 aromatic heterocycles. The smallest absolute Gasteiger partial charge is 0.325 e. The van der Waals surface area contributed by atoms with E-state index >= 15 is 0 Å². The highest BCUT2D eigenvalue weighted by molar-refractivity contribution is 5.83. The van der Waals surface area contributed by atoms with Crippen LogP contribution in [-0.4, -0.2) is 52.1 Å². The lowest BCUT2D eigenvalue weighted by atomic mass is 10.0. The van der Waals surface area contributed by atoms with Crippen LogP contribution in [0.25, 0.3) is 0 Å². The van der Waals surface area contributed by atoms with Gasteiger partial charge in [0.25, 0.3) is 0 Å². The summed E-state index contributed by atoms with van der Waals surface area (Å²) in [5.41, 5.74) is 4.33. The fourth-order valence-corrected chi connectivity index (χ4v) is 2.06. The van der Waals surface area contributed by atoms with Crippen LogP contribution in [0.3, 0.4) is 0 Å². The second-order valence-corrected chi connectivity index (χ2v) is 6.08. The molecule has 0 spiro atoms. The molecule has 1 saturated heterocycles. The summed E-state index contributed by atoms with van der Waals surface area (Å²) in [7, 11) is 0. The predicted molar refractivity (Wildman–Crippen MR) is 72.7 cm³/mol. The van der Waals surface area contributed by atoms with Gasteiger partial charge in [0.05, 0.1) is 6.04 Å². The third-order valence-electron chi connectivity index (χ3n) is 4.03. The number of rotatable bonds is 5. The van der Waals surface area contributed by atoms with Gasteiger partial charge in [-0.25, -0.2) is 0 Å². The van der Waals surface area contributed by atoms with Crippen molar-refractivity contribution in [1.82, 2.24) is 10.2 Å². The van der Waals surface area contributed by atoms with Gasteiger partial charge in [0.2, 0.25) is 5.91 Å². The minimum absolute atomic E-state index is 0.0820. The molecule has 6 heteroatoms. The van der Waals surface area contributed by atoms with Crippen molar-refractivity contribution >= 4 is 11.9 Å². The Morgan fingerprint density at radius 3 is 2.53 bits per heavy atom. The van der Waals surface area contributed by atoms with E-state index in [4.69, 9.17) is 10.8 Å². The molecule has 0 aliphatic carbocycles. The number of nitrogens with two attached hydrogens (primary N) is 1. The molecule has 0 saturated carbocycles. The number of likely N-dealkylation sites (tertiary alicyclic amines) is 1. The summed E-state index contributed by atoms with van der Waals surface area (Å²) < 4.78 is 0. The maximum Gasteiger partial charge on any atom is 0.325 e. The molecule has 1 fully saturated rings. The zero-order valence-electron chi connectivity index (χ0n) is 12.2. The van der Waals surface area contributed by atoms with Crippen molar-refractivity contribution in [2.75, 3.05) is 13.1 Å². The Bertz CT molecular complexity index is 370. The van der Waals surface area contributed by atoms with Crippen LogP contribution in [0.15, 0.2) is 0 Å². The Kier molecular flexibility index (Phi) is 4.58. The Labute approximate surface area is 114 Å². The highest BCUT2D eigenvalue weighted by Crippen LogP contribution is 2.21. The van der Waals surface area contributed by atoms with Gasteiger partial charge in [-0.3, -0.25) is 14.5 Å². The molecule has 1 heterocycles. The van der Waals surface area contributed by atoms with E-state index in [0.29, 0.717) is 13.0 Å². The molecule has 4 N–H and O–H groups in total. The van der Waals surface area contributed by atoms with Crippen molar-refractivity contribution in [2.24, 2.45) is 5.73 Å². The maximum absolute atomic E-state index is 12.1. The molecular formula is C13H25N3O3. The van der Waals surface area contributed by atoms with Crippen molar-refractivity contribution in [1.29, 1.82) is 0 Å². The molecule has 19 heavy (non-hydrogen) atoms. The van der Waals surface area contributed by atoms with Crippen LogP contribution in [-0.2, 0) is 9.59 Å². The summed E-state index contributed by atoms with van der Waals surface area (Å²) in [6, 6.07) is -0.365. The average Bonchev–Trinajstić information content (AvgIpc) is 2.72. The van der Waals surface area contributed by atoms with E-state index in [2.05, 4.69) is 5.32 Å². The van der Waals surface area contributed by atoms with E-state index in [0.717, 1.165) is 6.42 Å². The van der Waals surface area contributed by atoms with E-state index in [1.165, 1.54) is 0 Å². The minimum atomic E-state index is -1.23. The number of aliphatic carboxylic acids is 1. The molecule has 6 nitrogen and oxygen atoms in total. The fraction of sp³-hybridized carbons (Fsp3) is 0.846. The molecule has 2 unspecified atom stereocenters. The van der Waals surface area contributed by atoms with Gasteiger partial charge in [-0.2, -0.15) is 0 Å². The zero-order chi connectivity index (χ0) is 14.8. The van der Waals surface area contributed by atoms with Crippen molar-refractivity contribution in [2.45, 2.75) is 57.7 Å². The van der Waals surface area contributed by atoms with E-state index in [1.54, 1.807) is 6.92 Å². The molecule has 0 bridgehead atoms. The molecule has 1 amide bonds. The lowest BCUT2D eigenvalue weighted by molar-refractivity contribution is -0.143. The first kappa shape index (κ1) is 15.9. The zero-order valence-corrected chi connectivity index (χ0v) is 12.2. The molecular weight excluding hydrogens is 246 g/mol. The van der Waals surface area contributed by atoms with Crippen molar-refractivity contribution < 1.29 is 14.7 Å². The monoisotopic (exact) mass is 271 g/mol. The summed E-state index contributed by atoms with van der Waals surface area (Å²) in [5, 5.41) is 12.1. The highest BCUT2D eigenvalue weighted by Gasteiger charge is 2.43. The molecule has 0 aromatic carbocycles. The standard InChI is InChI=1S/C13H25N3O3/c1-5-12(3,4)15-10(17)9(2)16-7-6-13(14,8-16)11(18)19/h9H,5-8,14H2,1-4H3,(H,15,17)(H,18,19). The lowest BCUT2D eigenvalue weighted by Gasteiger charge is -2.30. The molecule has 1 rings (SSSR count). The molecule has 0 aromatic rings. The summed E-state index contributed by atoms with van der Waals surface area (Å²) in [6.07, 6.45) is 1.21. The lowest BCUT2D eigenvalue weighted by Crippen LogP contribution is -2.54. The first-order chi connectivity index (χ1) is 8.61. The minimum Gasteiger partial charge on any atom is -0.480 e. The van der Waals surface area contributed by atoms with E-state index in [-0.39, 0.29) is 24.0 Å². The second-order valence-electron chi connectivity index (χ2n) is 6.08. The van der Waals surface area contributed by atoms with Gasteiger partial charge < -0.3 is 16.2 Å². The Morgan fingerprint density at radius 2 is 2.11 bits per heavy atom. The van der Waals surface area contributed by atoms with Gasteiger partial charge in [0, 0.05) is 18.6 Å². The van der Waals surface area contributed by atoms with Crippen molar-refractivity contribution in [3.05, 3.63) is 0 Å². The van der Waals surface area contributed by atoms with Gasteiger partial charge in [-0.05, 0) is 33.6 Å². The van der Waals surface area contributed by atoms with Gasteiger partial charge in [0.15, 0.2) is 0 Å². The number of carbonyl (C=O) groups excluding carboxylic acids is 1. The van der Waals surface area contributed by atoms with Crippen LogP contribution in [0.4, 0.5) is 0 Å². The van der Waals surface area contributed by atoms with E-state index < -0.39 is 11.5 Å². The van der Waals surface area contributed by atoms with Crippen molar-refractivity contribution in [3.63, 3.8) is 0 Å². The second kappa shape index (κ2) is 5.46. The number of carbonyl (C=O) groups is 2. The summed E-state index contributed by atoms with van der Waals surface area (Å²) in [4.78, 5) is 25.1. The third-order valence-corrected chi connectivity index (χ3v) is 4.03. The van der Waals surface area contributed by atoms with Crippen LogP contribution in [0.1, 0.15) is 40.5 Å². The van der Waals surface area contributed by atoms with Gasteiger partial charge in [-0.15, -0.1) is 0 Å². The first-order valence-corrected chi connectivity index (χ1v) is 6.69. The molecule has 1 aliphatic heterocycles. The number of nitrogens with one attached hydrogen (secondary N) is 1. The van der Waals surface area contributed by atoms with Crippen LogP contribution in [0, 0.1) is 0 Å². The number of amides is 1.